The van der Waals surface area contributed by atoms with Crippen LogP contribution < -0.4 is 5.32 Å². The van der Waals surface area contributed by atoms with Crippen LogP contribution in [0.3, 0.4) is 0 Å². The minimum atomic E-state index is 0.237. The maximum absolute atomic E-state index is 5.77. The summed E-state index contributed by atoms with van der Waals surface area (Å²) in [6.07, 6.45) is 4.37. The largest absolute Gasteiger partial charge is 0.378 e. The van der Waals surface area contributed by atoms with Gasteiger partial charge in [-0.05, 0) is 38.4 Å². The molecule has 0 radical (unpaired) electrons. The number of rotatable bonds is 3. The molecule has 2 aliphatic rings. The van der Waals surface area contributed by atoms with Crippen LogP contribution in [0.15, 0.2) is 30.5 Å². The van der Waals surface area contributed by atoms with Crippen molar-refractivity contribution in [3.63, 3.8) is 0 Å². The molecule has 0 unspecified atom stereocenters. The van der Waals surface area contributed by atoms with Crippen LogP contribution in [0.2, 0.25) is 0 Å². The molecule has 0 bridgehead atoms. The van der Waals surface area contributed by atoms with Gasteiger partial charge in [-0.25, -0.2) is 4.98 Å². The van der Waals surface area contributed by atoms with Crippen LogP contribution >= 0.6 is 0 Å². The molecule has 2 fully saturated rings. The van der Waals surface area contributed by atoms with Gasteiger partial charge in [0, 0.05) is 12.6 Å². The number of aromatic amines is 1. The van der Waals surface area contributed by atoms with Gasteiger partial charge in [0.05, 0.1) is 31.1 Å². The first-order chi connectivity index (χ1) is 11.8. The second kappa shape index (κ2) is 7.05. The summed E-state index contributed by atoms with van der Waals surface area (Å²) >= 11 is 0. The molecule has 2 aliphatic heterocycles. The Labute approximate surface area is 143 Å². The number of H-pyrrole nitrogens is 1. The summed E-state index contributed by atoms with van der Waals surface area (Å²) < 4.78 is 5.77. The topological polar surface area (TPSA) is 53.2 Å². The number of ether oxygens (including phenoxy) is 1. The van der Waals surface area contributed by atoms with Crippen molar-refractivity contribution in [1.29, 1.82) is 0 Å². The molecule has 128 valence electrons. The average molecular weight is 326 g/mol. The number of aryl methyl sites for hydroxylation is 1. The molecule has 5 nitrogen and oxygen atoms in total. The van der Waals surface area contributed by atoms with Crippen LogP contribution in [0.5, 0.6) is 0 Å². The highest BCUT2D eigenvalue weighted by Gasteiger charge is 2.32. The number of hydrogen-bond acceptors (Lipinski definition) is 4. The van der Waals surface area contributed by atoms with E-state index in [4.69, 9.17) is 9.72 Å². The molecule has 3 heterocycles. The summed E-state index contributed by atoms with van der Waals surface area (Å²) in [5, 5.41) is 3.46. The van der Waals surface area contributed by atoms with Crippen molar-refractivity contribution in [2.24, 2.45) is 0 Å². The highest BCUT2D eigenvalue weighted by Crippen LogP contribution is 2.29. The Hall–Kier alpha value is -1.69. The first kappa shape index (κ1) is 15.8. The number of morpholine rings is 1. The predicted octanol–water partition coefficient (Wildman–Crippen LogP) is 2.51. The highest BCUT2D eigenvalue weighted by molar-refractivity contribution is 5.58. The lowest BCUT2D eigenvalue weighted by atomic mass is 10.0. The molecular weight excluding hydrogens is 300 g/mol. The number of imidazole rings is 1. The molecule has 1 atom stereocenters. The van der Waals surface area contributed by atoms with E-state index in [1.165, 1.54) is 24.0 Å². The van der Waals surface area contributed by atoms with E-state index in [2.05, 4.69) is 46.4 Å². The number of piperidine rings is 1. The lowest BCUT2D eigenvalue weighted by Gasteiger charge is -2.41. The van der Waals surface area contributed by atoms with Crippen molar-refractivity contribution in [3.8, 4) is 11.3 Å². The fraction of sp³-hybridized carbons (Fsp3) is 0.526. The molecule has 0 amide bonds. The van der Waals surface area contributed by atoms with Gasteiger partial charge in [-0.3, -0.25) is 4.90 Å². The Kier molecular flexibility index (Phi) is 4.65. The number of nitrogens with one attached hydrogen (secondary N) is 2. The molecule has 0 saturated carbocycles. The number of aromatic nitrogens is 2. The molecule has 5 heteroatoms. The van der Waals surface area contributed by atoms with Crippen molar-refractivity contribution in [2.45, 2.75) is 31.8 Å². The van der Waals surface area contributed by atoms with E-state index in [9.17, 15) is 0 Å². The van der Waals surface area contributed by atoms with Crippen LogP contribution in [0.1, 0.15) is 30.3 Å². The zero-order valence-electron chi connectivity index (χ0n) is 14.3. The number of hydrogen-bond donors (Lipinski definition) is 2. The van der Waals surface area contributed by atoms with Crippen molar-refractivity contribution in [2.75, 3.05) is 32.8 Å². The van der Waals surface area contributed by atoms with E-state index < -0.39 is 0 Å². The molecular formula is C19H26N4O. The van der Waals surface area contributed by atoms with Crippen LogP contribution in [-0.2, 0) is 4.74 Å². The third kappa shape index (κ3) is 3.24. The lowest BCUT2D eigenvalue weighted by molar-refractivity contribution is -0.0387. The van der Waals surface area contributed by atoms with E-state index in [1.807, 2.05) is 6.20 Å². The zero-order chi connectivity index (χ0) is 16.4. The summed E-state index contributed by atoms with van der Waals surface area (Å²) in [6, 6.07) is 9.44. The normalized spacial score (nSPS) is 23.5. The Bertz CT molecular complexity index is 660. The van der Waals surface area contributed by atoms with E-state index in [-0.39, 0.29) is 6.04 Å². The number of nitrogens with zero attached hydrogens (tertiary/aromatic N) is 2. The van der Waals surface area contributed by atoms with E-state index in [0.717, 1.165) is 44.4 Å². The van der Waals surface area contributed by atoms with Gasteiger partial charge in [0.15, 0.2) is 0 Å². The summed E-state index contributed by atoms with van der Waals surface area (Å²) in [5.74, 6) is 1.03. The van der Waals surface area contributed by atoms with Crippen LogP contribution in [0.25, 0.3) is 11.3 Å². The SMILES string of the molecule is Cc1ccc(-c2cnc([C@@H]3COCCN3C3CCNCC3)[nH]2)cc1. The van der Waals surface area contributed by atoms with Crippen molar-refractivity contribution < 1.29 is 4.74 Å². The monoisotopic (exact) mass is 326 g/mol. The molecule has 4 rings (SSSR count). The van der Waals surface area contributed by atoms with Gasteiger partial charge in [-0.15, -0.1) is 0 Å². The predicted molar refractivity (Wildman–Crippen MR) is 94.9 cm³/mol. The van der Waals surface area contributed by atoms with Crippen LogP contribution in [0, 0.1) is 6.92 Å². The molecule has 0 aliphatic carbocycles. The van der Waals surface area contributed by atoms with Crippen LogP contribution in [0.4, 0.5) is 0 Å². The van der Waals surface area contributed by atoms with Crippen molar-refractivity contribution in [1.82, 2.24) is 20.2 Å². The molecule has 2 saturated heterocycles. The minimum Gasteiger partial charge on any atom is -0.378 e. The maximum atomic E-state index is 5.77. The van der Waals surface area contributed by atoms with Gasteiger partial charge in [-0.1, -0.05) is 29.8 Å². The third-order valence-corrected chi connectivity index (χ3v) is 5.22. The van der Waals surface area contributed by atoms with E-state index in [0.29, 0.717) is 6.04 Å². The van der Waals surface area contributed by atoms with Crippen molar-refractivity contribution in [3.05, 3.63) is 41.9 Å². The van der Waals surface area contributed by atoms with Gasteiger partial charge in [0.2, 0.25) is 0 Å². The first-order valence-electron chi connectivity index (χ1n) is 8.97. The van der Waals surface area contributed by atoms with Gasteiger partial charge in [-0.2, -0.15) is 0 Å². The first-order valence-corrected chi connectivity index (χ1v) is 8.97. The minimum absolute atomic E-state index is 0.237. The molecule has 1 aromatic heterocycles. The smallest absolute Gasteiger partial charge is 0.126 e. The summed E-state index contributed by atoms with van der Waals surface area (Å²) in [5.41, 5.74) is 3.54. The van der Waals surface area contributed by atoms with Crippen LogP contribution in [-0.4, -0.2) is 53.8 Å². The average Bonchev–Trinajstić information content (AvgIpc) is 3.13. The molecule has 0 spiro atoms. The standard InChI is InChI=1S/C19H26N4O/c1-14-2-4-15(5-3-14)17-12-21-19(22-17)18-13-24-11-10-23(18)16-6-8-20-9-7-16/h2-5,12,16,18,20H,6-11,13H2,1H3,(H,21,22)/t18-/m0/s1. The summed E-state index contributed by atoms with van der Waals surface area (Å²) in [4.78, 5) is 10.8. The zero-order valence-corrected chi connectivity index (χ0v) is 14.3. The van der Waals surface area contributed by atoms with E-state index >= 15 is 0 Å². The molecule has 1 aromatic carbocycles. The fourth-order valence-corrected chi connectivity index (χ4v) is 3.81. The Morgan fingerprint density at radius 3 is 2.75 bits per heavy atom. The second-order valence-corrected chi connectivity index (χ2v) is 6.86. The number of benzene rings is 1. The quantitative estimate of drug-likeness (QED) is 0.910. The molecule has 2 aromatic rings. The fourth-order valence-electron chi connectivity index (χ4n) is 3.81. The lowest BCUT2D eigenvalue weighted by Crippen LogP contribution is -2.49. The highest BCUT2D eigenvalue weighted by atomic mass is 16.5. The molecule has 24 heavy (non-hydrogen) atoms. The Balaban J connectivity index is 1.56. The Morgan fingerprint density at radius 2 is 1.96 bits per heavy atom. The Morgan fingerprint density at radius 1 is 1.17 bits per heavy atom. The second-order valence-electron chi connectivity index (χ2n) is 6.86. The molecule has 2 N–H and O–H groups in total. The van der Waals surface area contributed by atoms with Gasteiger partial charge >= 0.3 is 0 Å². The van der Waals surface area contributed by atoms with Crippen molar-refractivity contribution >= 4 is 0 Å². The van der Waals surface area contributed by atoms with Gasteiger partial charge in [0.1, 0.15) is 5.82 Å². The van der Waals surface area contributed by atoms with E-state index in [1.54, 1.807) is 0 Å². The third-order valence-electron chi connectivity index (χ3n) is 5.22. The van der Waals surface area contributed by atoms with Gasteiger partial charge < -0.3 is 15.0 Å². The summed E-state index contributed by atoms with van der Waals surface area (Å²) in [7, 11) is 0. The maximum Gasteiger partial charge on any atom is 0.126 e. The summed E-state index contributed by atoms with van der Waals surface area (Å²) in [6.45, 7) is 6.88. The van der Waals surface area contributed by atoms with Gasteiger partial charge in [0.25, 0.3) is 0 Å².